The maximum atomic E-state index is 12.0. The second-order valence-electron chi connectivity index (χ2n) is 3.83. The Morgan fingerprint density at radius 1 is 1.41 bits per heavy atom. The smallest absolute Gasteiger partial charge is 0.253 e. The second-order valence-corrected chi connectivity index (χ2v) is 3.83. The molecule has 4 nitrogen and oxygen atoms in total. The molecule has 1 aromatic rings. The van der Waals surface area contributed by atoms with Crippen LogP contribution in [0.25, 0.3) is 0 Å². The second kappa shape index (κ2) is 6.91. The lowest BCUT2D eigenvalue weighted by Gasteiger charge is -2.13. The minimum atomic E-state index is -0.0783. The van der Waals surface area contributed by atoms with Crippen molar-refractivity contribution in [2.24, 2.45) is 0 Å². The fraction of sp³-hybridized carbons (Fsp3) is 0.462. The van der Waals surface area contributed by atoms with E-state index in [2.05, 4.69) is 10.6 Å². The first kappa shape index (κ1) is 13.5. The van der Waals surface area contributed by atoms with Crippen LogP contribution in [0, 0.1) is 0 Å². The molecule has 0 saturated heterocycles. The molecule has 0 aliphatic carbocycles. The van der Waals surface area contributed by atoms with E-state index in [0.29, 0.717) is 12.1 Å². The van der Waals surface area contributed by atoms with Crippen molar-refractivity contribution in [3.05, 3.63) is 29.8 Å². The van der Waals surface area contributed by atoms with Crippen LogP contribution in [0.5, 0.6) is 0 Å². The van der Waals surface area contributed by atoms with Gasteiger partial charge in [0.1, 0.15) is 0 Å². The normalized spacial score (nSPS) is 11.9. The third-order valence-corrected chi connectivity index (χ3v) is 2.49. The number of hydrogen-bond donors (Lipinski definition) is 2. The summed E-state index contributed by atoms with van der Waals surface area (Å²) in [5.41, 5.74) is 1.52. The number of carbonyl (C=O) groups is 1. The maximum absolute atomic E-state index is 12.0. The minimum Gasteiger partial charge on any atom is -0.385 e. The Morgan fingerprint density at radius 3 is 2.76 bits per heavy atom. The molecule has 4 heteroatoms. The summed E-state index contributed by atoms with van der Waals surface area (Å²) in [7, 11) is 1.63. The summed E-state index contributed by atoms with van der Waals surface area (Å²) in [5, 5.41) is 6.01. The fourth-order valence-electron chi connectivity index (χ4n) is 1.44. The van der Waals surface area contributed by atoms with E-state index in [1.807, 2.05) is 38.1 Å². The van der Waals surface area contributed by atoms with Gasteiger partial charge in [-0.1, -0.05) is 12.1 Å². The Kier molecular flexibility index (Phi) is 5.49. The van der Waals surface area contributed by atoms with E-state index in [1.54, 1.807) is 7.11 Å². The van der Waals surface area contributed by atoms with Gasteiger partial charge in [0.2, 0.25) is 0 Å². The molecule has 0 saturated carbocycles. The average Bonchev–Trinajstić information content (AvgIpc) is 2.36. The van der Waals surface area contributed by atoms with Gasteiger partial charge in [0.05, 0.1) is 11.7 Å². The summed E-state index contributed by atoms with van der Waals surface area (Å²) < 4.78 is 5.08. The minimum absolute atomic E-state index is 0.0187. The molecular formula is C13H20N2O2. The van der Waals surface area contributed by atoms with E-state index >= 15 is 0 Å². The van der Waals surface area contributed by atoms with Crippen LogP contribution in [0.2, 0.25) is 0 Å². The zero-order valence-corrected chi connectivity index (χ0v) is 10.6. The lowest BCUT2D eigenvalue weighted by Crippen LogP contribution is -2.32. The van der Waals surface area contributed by atoms with E-state index in [0.717, 1.165) is 12.2 Å². The Morgan fingerprint density at radius 2 is 2.12 bits per heavy atom. The molecule has 0 spiro atoms. The van der Waals surface area contributed by atoms with Crippen molar-refractivity contribution in [1.29, 1.82) is 0 Å². The Hall–Kier alpha value is -1.55. The van der Waals surface area contributed by atoms with E-state index in [9.17, 15) is 4.79 Å². The summed E-state index contributed by atoms with van der Waals surface area (Å²) >= 11 is 0. The molecule has 0 aliphatic rings. The van der Waals surface area contributed by atoms with Crippen LogP contribution >= 0.6 is 0 Å². The van der Waals surface area contributed by atoms with Crippen LogP contribution in [0.4, 0.5) is 5.69 Å². The molecule has 1 amide bonds. The summed E-state index contributed by atoms with van der Waals surface area (Å²) in [6.07, 6.45) is 0.0187. The van der Waals surface area contributed by atoms with Gasteiger partial charge in [-0.15, -0.1) is 0 Å². The van der Waals surface area contributed by atoms with Crippen molar-refractivity contribution in [1.82, 2.24) is 5.32 Å². The summed E-state index contributed by atoms with van der Waals surface area (Å²) in [4.78, 5) is 12.0. The molecule has 17 heavy (non-hydrogen) atoms. The molecule has 2 N–H and O–H groups in total. The molecule has 0 fully saturated rings. The number of nitrogens with one attached hydrogen (secondary N) is 2. The van der Waals surface area contributed by atoms with Crippen LogP contribution in [0.1, 0.15) is 24.2 Å². The highest BCUT2D eigenvalue weighted by Crippen LogP contribution is 2.14. The SMILES string of the molecule is CCNc1ccccc1C(=O)NCC(C)OC. The molecule has 94 valence electrons. The molecule has 1 rings (SSSR count). The molecule has 1 aromatic carbocycles. The molecule has 1 atom stereocenters. The predicted molar refractivity (Wildman–Crippen MR) is 69.4 cm³/mol. The maximum Gasteiger partial charge on any atom is 0.253 e. The summed E-state index contributed by atoms with van der Waals surface area (Å²) in [6, 6.07) is 7.48. The van der Waals surface area contributed by atoms with Gasteiger partial charge in [-0.25, -0.2) is 0 Å². The lowest BCUT2D eigenvalue weighted by molar-refractivity contribution is 0.0871. The highest BCUT2D eigenvalue weighted by molar-refractivity contribution is 5.99. The molecule has 0 bridgehead atoms. The van der Waals surface area contributed by atoms with Crippen molar-refractivity contribution in [3.8, 4) is 0 Å². The van der Waals surface area contributed by atoms with Crippen LogP contribution in [0.3, 0.4) is 0 Å². The number of amides is 1. The van der Waals surface area contributed by atoms with Crippen LogP contribution in [-0.4, -0.2) is 32.2 Å². The molecule has 0 radical (unpaired) electrons. The highest BCUT2D eigenvalue weighted by atomic mass is 16.5. The van der Waals surface area contributed by atoms with Crippen molar-refractivity contribution in [2.75, 3.05) is 25.5 Å². The van der Waals surface area contributed by atoms with Gasteiger partial charge < -0.3 is 15.4 Å². The Balaban J connectivity index is 2.67. The number of ether oxygens (including phenoxy) is 1. The number of hydrogen-bond acceptors (Lipinski definition) is 3. The van der Waals surface area contributed by atoms with Crippen molar-refractivity contribution in [3.63, 3.8) is 0 Å². The largest absolute Gasteiger partial charge is 0.385 e. The number of benzene rings is 1. The zero-order chi connectivity index (χ0) is 12.7. The molecule has 1 unspecified atom stereocenters. The van der Waals surface area contributed by atoms with E-state index < -0.39 is 0 Å². The van der Waals surface area contributed by atoms with Crippen molar-refractivity contribution >= 4 is 11.6 Å². The zero-order valence-electron chi connectivity index (χ0n) is 10.6. The Bertz CT molecular complexity index is 366. The summed E-state index contributed by atoms with van der Waals surface area (Å²) in [6.45, 7) is 5.21. The van der Waals surface area contributed by atoms with Gasteiger partial charge in [-0.3, -0.25) is 4.79 Å². The third kappa shape index (κ3) is 4.07. The quantitative estimate of drug-likeness (QED) is 0.793. The van der Waals surface area contributed by atoms with Gasteiger partial charge >= 0.3 is 0 Å². The third-order valence-electron chi connectivity index (χ3n) is 2.49. The van der Waals surface area contributed by atoms with Crippen LogP contribution in [-0.2, 0) is 4.74 Å². The topological polar surface area (TPSA) is 50.4 Å². The predicted octanol–water partition coefficient (Wildman–Crippen LogP) is 1.88. The fourth-order valence-corrected chi connectivity index (χ4v) is 1.44. The first-order chi connectivity index (χ1) is 8.19. The van der Waals surface area contributed by atoms with Gasteiger partial charge in [-0.05, 0) is 26.0 Å². The number of rotatable bonds is 6. The van der Waals surface area contributed by atoms with Gasteiger partial charge in [0.25, 0.3) is 5.91 Å². The number of anilines is 1. The molecule has 0 aromatic heterocycles. The highest BCUT2D eigenvalue weighted by Gasteiger charge is 2.10. The first-order valence-electron chi connectivity index (χ1n) is 5.83. The lowest BCUT2D eigenvalue weighted by atomic mass is 10.1. The molecular weight excluding hydrogens is 216 g/mol. The number of para-hydroxylation sites is 1. The van der Waals surface area contributed by atoms with Gasteiger partial charge in [0.15, 0.2) is 0 Å². The average molecular weight is 236 g/mol. The number of carbonyl (C=O) groups excluding carboxylic acids is 1. The van der Waals surface area contributed by atoms with Crippen LogP contribution in [0.15, 0.2) is 24.3 Å². The first-order valence-corrected chi connectivity index (χ1v) is 5.83. The van der Waals surface area contributed by atoms with Crippen molar-refractivity contribution < 1.29 is 9.53 Å². The Labute approximate surface area is 102 Å². The molecule has 0 aliphatic heterocycles. The van der Waals surface area contributed by atoms with Gasteiger partial charge in [-0.2, -0.15) is 0 Å². The van der Waals surface area contributed by atoms with Crippen LogP contribution < -0.4 is 10.6 Å². The van der Waals surface area contributed by atoms with E-state index in [4.69, 9.17) is 4.74 Å². The van der Waals surface area contributed by atoms with Crippen molar-refractivity contribution in [2.45, 2.75) is 20.0 Å². The number of methoxy groups -OCH3 is 1. The van der Waals surface area contributed by atoms with Gasteiger partial charge in [0, 0.05) is 25.9 Å². The van der Waals surface area contributed by atoms with E-state index in [1.165, 1.54) is 0 Å². The standard InChI is InChI=1S/C13H20N2O2/c1-4-14-12-8-6-5-7-11(12)13(16)15-9-10(2)17-3/h5-8,10,14H,4,9H2,1-3H3,(H,15,16). The van der Waals surface area contributed by atoms with E-state index in [-0.39, 0.29) is 12.0 Å². The molecule has 0 heterocycles. The monoisotopic (exact) mass is 236 g/mol. The summed E-state index contributed by atoms with van der Waals surface area (Å²) in [5.74, 6) is -0.0783.